The van der Waals surface area contributed by atoms with Gasteiger partial charge < -0.3 is 15.2 Å². The molecule has 0 radical (unpaired) electrons. The standard InChI is InChI=1S/C18H22N4O8S/c1-10(20-31(27,28)12-7-5-11(29-4)6-8-12)17(25)30-9-13(23)14-15(19)21(2)18(26)22(3)16(14)24/h5-8,10,20H,9,19H2,1-4H3. The van der Waals surface area contributed by atoms with E-state index in [1.165, 1.54) is 52.4 Å². The highest BCUT2D eigenvalue weighted by Crippen LogP contribution is 2.15. The highest BCUT2D eigenvalue weighted by atomic mass is 32.2. The summed E-state index contributed by atoms with van der Waals surface area (Å²) in [6.07, 6.45) is 0. The van der Waals surface area contributed by atoms with Gasteiger partial charge in [0.05, 0.1) is 12.0 Å². The number of ketones is 1. The van der Waals surface area contributed by atoms with Crippen molar-refractivity contribution in [1.82, 2.24) is 13.9 Å². The smallest absolute Gasteiger partial charge is 0.332 e. The summed E-state index contributed by atoms with van der Waals surface area (Å²) in [5, 5.41) is 0. The molecule has 0 saturated heterocycles. The molecule has 0 spiro atoms. The Morgan fingerprint density at radius 3 is 2.26 bits per heavy atom. The SMILES string of the molecule is COc1ccc(S(=O)(=O)NC(C)C(=O)OCC(=O)c2c(N)n(C)c(=O)n(C)c2=O)cc1. The van der Waals surface area contributed by atoms with Crippen molar-refractivity contribution < 1.29 is 27.5 Å². The van der Waals surface area contributed by atoms with Crippen LogP contribution in [0, 0.1) is 0 Å². The van der Waals surface area contributed by atoms with E-state index in [4.69, 9.17) is 15.2 Å². The number of nitrogens with two attached hydrogens (primary N) is 1. The minimum absolute atomic E-state index is 0.106. The minimum atomic E-state index is -4.05. The minimum Gasteiger partial charge on any atom is -0.497 e. The Morgan fingerprint density at radius 2 is 1.71 bits per heavy atom. The molecule has 2 aromatic rings. The van der Waals surface area contributed by atoms with Crippen molar-refractivity contribution in [2.45, 2.75) is 17.9 Å². The van der Waals surface area contributed by atoms with E-state index in [1.54, 1.807) is 0 Å². The van der Waals surface area contributed by atoms with Gasteiger partial charge in [0.25, 0.3) is 5.56 Å². The number of carbonyl (C=O) groups is 2. The van der Waals surface area contributed by atoms with Crippen LogP contribution in [0.4, 0.5) is 5.82 Å². The number of Topliss-reactive ketones (excluding diaryl/α,β-unsaturated/α-hetero) is 1. The van der Waals surface area contributed by atoms with Crippen molar-refractivity contribution in [2.24, 2.45) is 14.1 Å². The number of nitrogens with zero attached hydrogens (tertiary/aromatic N) is 2. The maximum atomic E-state index is 12.4. The largest absolute Gasteiger partial charge is 0.497 e. The lowest BCUT2D eigenvalue weighted by molar-refractivity contribution is -0.144. The van der Waals surface area contributed by atoms with Gasteiger partial charge >= 0.3 is 11.7 Å². The highest BCUT2D eigenvalue weighted by molar-refractivity contribution is 7.89. The summed E-state index contributed by atoms with van der Waals surface area (Å²) < 4.78 is 38.3. The van der Waals surface area contributed by atoms with Crippen molar-refractivity contribution >= 4 is 27.6 Å². The van der Waals surface area contributed by atoms with Gasteiger partial charge in [-0.25, -0.2) is 13.2 Å². The van der Waals surface area contributed by atoms with Gasteiger partial charge in [-0.2, -0.15) is 4.72 Å². The molecule has 1 heterocycles. The number of sulfonamides is 1. The van der Waals surface area contributed by atoms with Crippen molar-refractivity contribution in [3.63, 3.8) is 0 Å². The van der Waals surface area contributed by atoms with Gasteiger partial charge in [-0.15, -0.1) is 0 Å². The van der Waals surface area contributed by atoms with Gasteiger partial charge in [-0.1, -0.05) is 0 Å². The third kappa shape index (κ3) is 5.00. The Balaban J connectivity index is 2.09. The molecule has 1 atom stereocenters. The normalized spacial score (nSPS) is 12.3. The zero-order chi connectivity index (χ0) is 23.5. The van der Waals surface area contributed by atoms with E-state index in [0.29, 0.717) is 10.3 Å². The van der Waals surface area contributed by atoms with Gasteiger partial charge in [0.2, 0.25) is 15.8 Å². The molecule has 0 fully saturated rings. The zero-order valence-electron chi connectivity index (χ0n) is 17.2. The number of carbonyl (C=O) groups excluding carboxylic acids is 2. The first-order chi connectivity index (χ1) is 14.4. The van der Waals surface area contributed by atoms with Gasteiger partial charge in [0, 0.05) is 14.1 Å². The van der Waals surface area contributed by atoms with E-state index in [0.717, 1.165) is 4.57 Å². The molecule has 2 rings (SSSR count). The summed E-state index contributed by atoms with van der Waals surface area (Å²) in [5.74, 6) is -1.91. The third-order valence-corrected chi connectivity index (χ3v) is 5.95. The molecule has 168 valence electrons. The second-order valence-electron chi connectivity index (χ2n) is 6.52. The van der Waals surface area contributed by atoms with Crippen molar-refractivity contribution in [3.8, 4) is 5.75 Å². The van der Waals surface area contributed by atoms with Crippen LogP contribution >= 0.6 is 0 Å². The van der Waals surface area contributed by atoms with Crippen LogP contribution in [0.1, 0.15) is 17.3 Å². The molecule has 12 nitrogen and oxygen atoms in total. The molecule has 0 aliphatic heterocycles. The van der Waals surface area contributed by atoms with Crippen LogP contribution in [0.2, 0.25) is 0 Å². The number of nitrogens with one attached hydrogen (secondary N) is 1. The van der Waals surface area contributed by atoms with Crippen molar-refractivity contribution in [3.05, 3.63) is 50.7 Å². The summed E-state index contributed by atoms with van der Waals surface area (Å²) in [6, 6.07) is 4.13. The van der Waals surface area contributed by atoms with E-state index in [-0.39, 0.29) is 10.7 Å². The van der Waals surface area contributed by atoms with Crippen molar-refractivity contribution in [2.75, 3.05) is 19.5 Å². The lowest BCUT2D eigenvalue weighted by Crippen LogP contribution is -2.43. The number of nitrogen functional groups attached to an aromatic ring is 1. The maximum Gasteiger partial charge on any atom is 0.332 e. The number of rotatable bonds is 8. The van der Waals surface area contributed by atoms with Gasteiger partial charge in [-0.3, -0.25) is 23.5 Å². The third-order valence-electron chi connectivity index (χ3n) is 4.39. The predicted octanol–water partition coefficient (Wildman–Crippen LogP) is -1.23. The average Bonchev–Trinajstić information content (AvgIpc) is 2.74. The molecule has 0 aliphatic carbocycles. The quantitative estimate of drug-likeness (QED) is 0.366. The Bertz CT molecular complexity index is 1230. The van der Waals surface area contributed by atoms with Crippen LogP contribution in [-0.4, -0.2) is 49.1 Å². The lowest BCUT2D eigenvalue weighted by Gasteiger charge is -2.14. The first kappa shape index (κ1) is 23.8. The number of benzene rings is 1. The number of esters is 1. The molecule has 1 aromatic heterocycles. The molecule has 0 saturated carbocycles. The summed E-state index contributed by atoms with van der Waals surface area (Å²) in [6.45, 7) is 0.360. The fourth-order valence-electron chi connectivity index (χ4n) is 2.56. The first-order valence-electron chi connectivity index (χ1n) is 8.82. The summed E-state index contributed by atoms with van der Waals surface area (Å²) in [4.78, 5) is 48.4. The van der Waals surface area contributed by atoms with Crippen LogP contribution in [0.5, 0.6) is 5.75 Å². The van der Waals surface area contributed by atoms with Crippen LogP contribution in [-0.2, 0) is 33.7 Å². The van der Waals surface area contributed by atoms with E-state index in [1.807, 2.05) is 0 Å². The molecule has 0 aliphatic rings. The average molecular weight is 454 g/mol. The maximum absolute atomic E-state index is 12.4. The fraction of sp³-hybridized carbons (Fsp3) is 0.333. The Kier molecular flexibility index (Phi) is 7.02. The molecular formula is C18H22N4O8S. The highest BCUT2D eigenvalue weighted by Gasteiger charge is 2.26. The second kappa shape index (κ2) is 9.14. The van der Waals surface area contributed by atoms with Crippen LogP contribution < -0.4 is 26.4 Å². The second-order valence-corrected chi connectivity index (χ2v) is 8.23. The molecule has 1 unspecified atom stereocenters. The Labute approximate surface area is 177 Å². The number of methoxy groups -OCH3 is 1. The zero-order valence-corrected chi connectivity index (χ0v) is 18.1. The van der Waals surface area contributed by atoms with E-state index < -0.39 is 51.2 Å². The molecule has 0 amide bonds. The molecular weight excluding hydrogens is 432 g/mol. The number of hydrogen-bond acceptors (Lipinski definition) is 9. The van der Waals surface area contributed by atoms with Gasteiger partial charge in [-0.05, 0) is 31.2 Å². The number of hydrogen-bond donors (Lipinski definition) is 2. The van der Waals surface area contributed by atoms with E-state index in [9.17, 15) is 27.6 Å². The predicted molar refractivity (Wildman–Crippen MR) is 109 cm³/mol. The van der Waals surface area contributed by atoms with Crippen LogP contribution in [0.3, 0.4) is 0 Å². The van der Waals surface area contributed by atoms with Crippen LogP contribution in [0.25, 0.3) is 0 Å². The fourth-order valence-corrected chi connectivity index (χ4v) is 3.75. The number of aromatic nitrogens is 2. The monoisotopic (exact) mass is 454 g/mol. The summed E-state index contributed by atoms with van der Waals surface area (Å²) >= 11 is 0. The van der Waals surface area contributed by atoms with Gasteiger partial charge in [0.1, 0.15) is 23.2 Å². The number of anilines is 1. The molecule has 31 heavy (non-hydrogen) atoms. The molecule has 0 bridgehead atoms. The molecule has 3 N–H and O–H groups in total. The summed E-state index contributed by atoms with van der Waals surface area (Å²) in [5.41, 5.74) is 3.51. The van der Waals surface area contributed by atoms with E-state index >= 15 is 0 Å². The molecule has 13 heteroatoms. The Morgan fingerprint density at radius 1 is 1.13 bits per heavy atom. The number of ether oxygens (including phenoxy) is 2. The van der Waals surface area contributed by atoms with Crippen LogP contribution in [0.15, 0.2) is 38.8 Å². The van der Waals surface area contributed by atoms with Gasteiger partial charge in [0.15, 0.2) is 6.61 Å². The first-order valence-corrected chi connectivity index (χ1v) is 10.3. The Hall–Kier alpha value is -3.45. The summed E-state index contributed by atoms with van der Waals surface area (Å²) in [7, 11) is -0.179. The lowest BCUT2D eigenvalue weighted by atomic mass is 10.2. The molecule has 1 aromatic carbocycles. The van der Waals surface area contributed by atoms with Crippen molar-refractivity contribution in [1.29, 1.82) is 0 Å². The topological polar surface area (TPSA) is 169 Å². The van der Waals surface area contributed by atoms with E-state index in [2.05, 4.69) is 4.72 Å².